The van der Waals surface area contributed by atoms with Crippen LogP contribution in [0.1, 0.15) is 25.7 Å². The number of alkyl halides is 1. The van der Waals surface area contributed by atoms with Crippen LogP contribution in [0.15, 0.2) is 12.2 Å². The molecule has 2 fully saturated rings. The molecule has 0 bridgehead atoms. The smallest absolute Gasteiger partial charge is 0.339 e. The van der Waals surface area contributed by atoms with Gasteiger partial charge in [-0.05, 0) is 25.7 Å². The first-order valence-corrected chi connectivity index (χ1v) is 8.14. The summed E-state index contributed by atoms with van der Waals surface area (Å²) in [4.78, 5) is 24.5. The fraction of sp³-hybridized carbons (Fsp3) is 0.733. The Kier molecular flexibility index (Phi) is 3.95. The van der Waals surface area contributed by atoms with Crippen LogP contribution in [0, 0.1) is 11.8 Å². The van der Waals surface area contributed by atoms with Crippen molar-refractivity contribution in [2.24, 2.45) is 11.8 Å². The standard InChI is InChI=1S/C15H20ClNO5/c16-7-6-10-12(20)17-15(13(21)22-14(10,15)8-18)11(19)9-4-2-1-3-5-9/h2,4,9-11,18-19H,1,3,5-8H2,(H,17,20)/t9?,10-,11-,14+,15?/m0/s1. The van der Waals surface area contributed by atoms with E-state index in [0.29, 0.717) is 0 Å². The highest BCUT2D eigenvalue weighted by Gasteiger charge is 2.81. The molecule has 2 heterocycles. The molecule has 122 valence electrons. The van der Waals surface area contributed by atoms with Crippen molar-refractivity contribution in [3.8, 4) is 0 Å². The molecule has 0 radical (unpaired) electrons. The summed E-state index contributed by atoms with van der Waals surface area (Å²) in [7, 11) is 0. The molecule has 6 nitrogen and oxygen atoms in total. The van der Waals surface area contributed by atoms with Crippen molar-refractivity contribution in [1.29, 1.82) is 0 Å². The van der Waals surface area contributed by atoms with Crippen LogP contribution in [-0.4, -0.2) is 51.8 Å². The molecule has 3 N–H and O–H groups in total. The van der Waals surface area contributed by atoms with Gasteiger partial charge in [0.1, 0.15) is 0 Å². The first kappa shape index (κ1) is 15.8. The lowest BCUT2D eigenvalue weighted by Crippen LogP contribution is -2.82. The highest BCUT2D eigenvalue weighted by molar-refractivity contribution is 6.18. The number of halogens is 1. The molecule has 5 atom stereocenters. The zero-order valence-corrected chi connectivity index (χ0v) is 12.9. The van der Waals surface area contributed by atoms with Gasteiger partial charge in [-0.15, -0.1) is 11.6 Å². The summed E-state index contributed by atoms with van der Waals surface area (Å²) in [5.74, 6) is -1.87. The number of rotatable bonds is 5. The van der Waals surface area contributed by atoms with Crippen LogP contribution in [0.25, 0.3) is 0 Å². The summed E-state index contributed by atoms with van der Waals surface area (Å²) < 4.78 is 5.24. The molecule has 0 aromatic carbocycles. The second kappa shape index (κ2) is 5.51. The number of allylic oxidation sites excluding steroid dienone is 1. The van der Waals surface area contributed by atoms with Crippen molar-refractivity contribution < 1.29 is 24.5 Å². The van der Waals surface area contributed by atoms with E-state index in [2.05, 4.69) is 5.32 Å². The number of aliphatic hydroxyl groups excluding tert-OH is 2. The van der Waals surface area contributed by atoms with Crippen molar-refractivity contribution in [2.75, 3.05) is 12.5 Å². The van der Waals surface area contributed by atoms with Gasteiger partial charge >= 0.3 is 5.97 Å². The van der Waals surface area contributed by atoms with Crippen molar-refractivity contribution in [2.45, 2.75) is 42.9 Å². The first-order valence-electron chi connectivity index (χ1n) is 7.60. The average molecular weight is 330 g/mol. The highest BCUT2D eigenvalue weighted by Crippen LogP contribution is 2.53. The predicted octanol–water partition coefficient (Wildman–Crippen LogP) is 0.105. The van der Waals surface area contributed by atoms with Crippen molar-refractivity contribution in [3.05, 3.63) is 12.2 Å². The third-order valence-electron chi connectivity index (χ3n) is 5.24. The third kappa shape index (κ3) is 1.80. The number of fused-ring (bicyclic) bond motifs is 1. The van der Waals surface area contributed by atoms with E-state index in [-0.39, 0.29) is 18.2 Å². The minimum Gasteiger partial charge on any atom is -0.451 e. The zero-order valence-electron chi connectivity index (χ0n) is 12.1. The van der Waals surface area contributed by atoms with Crippen molar-refractivity contribution >= 4 is 23.5 Å². The summed E-state index contributed by atoms with van der Waals surface area (Å²) in [5.41, 5.74) is -2.98. The van der Waals surface area contributed by atoms with E-state index in [0.717, 1.165) is 19.3 Å². The average Bonchev–Trinajstić information content (AvgIpc) is 2.73. The number of hydrogen-bond donors (Lipinski definition) is 3. The summed E-state index contributed by atoms with van der Waals surface area (Å²) in [6.45, 7) is -0.521. The van der Waals surface area contributed by atoms with Crippen LogP contribution in [0.2, 0.25) is 0 Å². The summed E-state index contributed by atoms with van der Waals surface area (Å²) in [5, 5.41) is 23.3. The maximum Gasteiger partial charge on any atom is 0.339 e. The number of nitrogens with one attached hydrogen (secondary N) is 1. The predicted molar refractivity (Wildman–Crippen MR) is 78.1 cm³/mol. The molecule has 1 amide bonds. The van der Waals surface area contributed by atoms with Gasteiger partial charge < -0.3 is 20.3 Å². The fourth-order valence-electron chi connectivity index (χ4n) is 4.06. The molecule has 2 unspecified atom stereocenters. The van der Waals surface area contributed by atoms with E-state index >= 15 is 0 Å². The number of esters is 1. The Morgan fingerprint density at radius 2 is 2.27 bits per heavy atom. The van der Waals surface area contributed by atoms with E-state index < -0.39 is 41.6 Å². The third-order valence-corrected chi connectivity index (χ3v) is 5.46. The van der Waals surface area contributed by atoms with Crippen LogP contribution in [0.3, 0.4) is 0 Å². The molecule has 2 aliphatic heterocycles. The molecule has 1 aliphatic carbocycles. The molecule has 0 spiro atoms. The van der Waals surface area contributed by atoms with Crippen LogP contribution >= 0.6 is 11.6 Å². The summed E-state index contributed by atoms with van der Waals surface area (Å²) >= 11 is 5.74. The van der Waals surface area contributed by atoms with E-state index in [9.17, 15) is 19.8 Å². The molecule has 0 aromatic rings. The molecule has 0 saturated carbocycles. The second-order valence-electron chi connectivity index (χ2n) is 6.23. The van der Waals surface area contributed by atoms with Gasteiger partial charge in [0.05, 0.1) is 18.6 Å². The van der Waals surface area contributed by atoms with Crippen LogP contribution in [0.4, 0.5) is 0 Å². The molecule has 0 aromatic heterocycles. The van der Waals surface area contributed by atoms with Crippen molar-refractivity contribution in [3.63, 3.8) is 0 Å². The Balaban J connectivity index is 1.98. The minimum atomic E-state index is -1.57. The van der Waals surface area contributed by atoms with Crippen LogP contribution < -0.4 is 5.32 Å². The molecule has 22 heavy (non-hydrogen) atoms. The minimum absolute atomic E-state index is 0.201. The van der Waals surface area contributed by atoms with Gasteiger partial charge in [0.25, 0.3) is 0 Å². The molecule has 7 heteroatoms. The van der Waals surface area contributed by atoms with Crippen LogP contribution in [0.5, 0.6) is 0 Å². The van der Waals surface area contributed by atoms with Gasteiger partial charge in [0.2, 0.25) is 11.4 Å². The Hall–Kier alpha value is -1.11. The van der Waals surface area contributed by atoms with E-state index in [1.807, 2.05) is 12.2 Å². The van der Waals surface area contributed by atoms with E-state index in [4.69, 9.17) is 16.3 Å². The lowest BCUT2D eigenvalue weighted by molar-refractivity contribution is -0.252. The quantitative estimate of drug-likeness (QED) is 0.378. The number of amides is 1. The van der Waals surface area contributed by atoms with Crippen LogP contribution in [-0.2, 0) is 14.3 Å². The SMILES string of the molecule is O=C1NC2([C@@H](O)C3C=CCCC3)C(=O)O[C@]2(CO)[C@H]1CCCl. The number of hydrogen-bond acceptors (Lipinski definition) is 5. The summed E-state index contributed by atoms with van der Waals surface area (Å²) in [6, 6.07) is 0. The summed E-state index contributed by atoms with van der Waals surface area (Å²) in [6.07, 6.45) is 5.56. The lowest BCUT2D eigenvalue weighted by atomic mass is 9.64. The Morgan fingerprint density at radius 1 is 1.50 bits per heavy atom. The van der Waals surface area contributed by atoms with Gasteiger partial charge in [-0.3, -0.25) is 4.79 Å². The number of aliphatic hydroxyl groups is 2. The Labute approximate surface area is 133 Å². The maximum atomic E-state index is 12.3. The second-order valence-corrected chi connectivity index (χ2v) is 6.61. The molecule has 3 rings (SSSR count). The van der Waals surface area contributed by atoms with Gasteiger partial charge in [-0.25, -0.2) is 4.79 Å². The molecule has 2 saturated heterocycles. The van der Waals surface area contributed by atoms with E-state index in [1.54, 1.807) is 0 Å². The largest absolute Gasteiger partial charge is 0.451 e. The Morgan fingerprint density at radius 3 is 2.82 bits per heavy atom. The maximum absolute atomic E-state index is 12.3. The van der Waals surface area contributed by atoms with Gasteiger partial charge in [-0.2, -0.15) is 0 Å². The van der Waals surface area contributed by atoms with Gasteiger partial charge in [0, 0.05) is 11.8 Å². The normalized spacial score (nSPS) is 41.4. The topological polar surface area (TPSA) is 95.9 Å². The Bertz CT molecular complexity index is 524. The van der Waals surface area contributed by atoms with Gasteiger partial charge in [-0.1, -0.05) is 12.2 Å². The molecule has 3 aliphatic rings. The van der Waals surface area contributed by atoms with E-state index in [1.165, 1.54) is 0 Å². The zero-order chi connectivity index (χ0) is 16.0. The number of carbonyl (C=O) groups is 2. The van der Waals surface area contributed by atoms with Crippen molar-refractivity contribution in [1.82, 2.24) is 5.32 Å². The lowest BCUT2D eigenvalue weighted by Gasteiger charge is -2.55. The highest BCUT2D eigenvalue weighted by atomic mass is 35.5. The molecular weight excluding hydrogens is 310 g/mol. The first-order chi connectivity index (χ1) is 10.5. The number of carbonyl (C=O) groups excluding carboxylic acids is 2. The fourth-order valence-corrected chi connectivity index (χ4v) is 4.28. The monoisotopic (exact) mass is 329 g/mol. The van der Waals surface area contributed by atoms with Gasteiger partial charge in [0.15, 0.2) is 5.60 Å². The number of ether oxygens (including phenoxy) is 1. The molecular formula is C15H20ClNO5.